The smallest absolute Gasteiger partial charge is 0.277 e. The Hall–Kier alpha value is -2.85. The maximum Gasteiger partial charge on any atom is 0.277 e. The number of nitrogens with zero attached hydrogens (tertiary/aromatic N) is 6. The van der Waals surface area contributed by atoms with Crippen LogP contribution in [0.1, 0.15) is 34.8 Å². The van der Waals surface area contributed by atoms with Gasteiger partial charge in [0.1, 0.15) is 16.1 Å². The molecule has 2 amide bonds. The normalized spacial score (nSPS) is 12.1. The van der Waals surface area contributed by atoms with Crippen molar-refractivity contribution in [2.45, 2.75) is 26.8 Å². The Morgan fingerprint density at radius 3 is 1.97 bits per heavy atom. The summed E-state index contributed by atoms with van der Waals surface area (Å²) in [5.74, 6) is -0.339. The minimum absolute atomic E-state index is 0.121. The average Bonchev–Trinajstić information content (AvgIpc) is 3.33. The van der Waals surface area contributed by atoms with Crippen LogP contribution in [0, 0.1) is 13.8 Å². The zero-order valence-electron chi connectivity index (χ0n) is 16.5. The van der Waals surface area contributed by atoms with Gasteiger partial charge < -0.3 is 10.6 Å². The van der Waals surface area contributed by atoms with Gasteiger partial charge in [-0.3, -0.25) is 23.6 Å². The number of aromatic nitrogens is 6. The number of anilines is 2. The highest BCUT2D eigenvalue weighted by molar-refractivity contribution is 6.34. The zero-order valence-corrected chi connectivity index (χ0v) is 18.0. The number of amides is 2. The Kier molecular flexibility index (Phi) is 5.67. The molecule has 0 fully saturated rings. The zero-order chi connectivity index (χ0) is 21.5. The number of carbonyl (C=O) groups is 2. The van der Waals surface area contributed by atoms with Crippen molar-refractivity contribution in [1.29, 1.82) is 0 Å². The van der Waals surface area contributed by atoms with E-state index >= 15 is 0 Å². The number of hydrogen-bond acceptors (Lipinski definition) is 5. The number of hydrogen-bond donors (Lipinski definition) is 2. The van der Waals surface area contributed by atoms with Gasteiger partial charge in [0.2, 0.25) is 5.91 Å². The lowest BCUT2D eigenvalue weighted by molar-refractivity contribution is -0.119. The lowest BCUT2D eigenvalue weighted by Gasteiger charge is -2.11. The summed E-state index contributed by atoms with van der Waals surface area (Å²) in [5, 5.41) is 18.5. The van der Waals surface area contributed by atoms with Crippen molar-refractivity contribution in [2.24, 2.45) is 14.1 Å². The molecule has 10 nitrogen and oxygen atoms in total. The van der Waals surface area contributed by atoms with Gasteiger partial charge in [-0.1, -0.05) is 23.2 Å². The SMILES string of the molecule is Cc1c(Cl)c(NC(=O)c2ccn([C@H](C)C(=O)Nc3nn(C)c(C)c3Cl)n2)nn1C. The molecule has 3 aromatic heterocycles. The van der Waals surface area contributed by atoms with Gasteiger partial charge in [0.15, 0.2) is 17.3 Å². The second-order valence-corrected chi connectivity index (χ2v) is 7.30. The molecule has 0 spiro atoms. The summed E-state index contributed by atoms with van der Waals surface area (Å²) < 4.78 is 4.51. The Labute approximate surface area is 176 Å². The van der Waals surface area contributed by atoms with E-state index in [4.69, 9.17) is 23.2 Å². The highest BCUT2D eigenvalue weighted by atomic mass is 35.5. The molecule has 1 atom stereocenters. The molecule has 0 saturated carbocycles. The van der Waals surface area contributed by atoms with E-state index in [1.165, 1.54) is 16.9 Å². The van der Waals surface area contributed by atoms with Gasteiger partial charge in [0.25, 0.3) is 5.91 Å². The van der Waals surface area contributed by atoms with Gasteiger partial charge in [0, 0.05) is 20.3 Å². The number of carbonyl (C=O) groups excluding carboxylic acids is 2. The molecule has 154 valence electrons. The predicted molar refractivity (Wildman–Crippen MR) is 109 cm³/mol. The van der Waals surface area contributed by atoms with E-state index in [0.29, 0.717) is 10.0 Å². The van der Waals surface area contributed by atoms with Crippen LogP contribution in [-0.2, 0) is 18.9 Å². The first-order valence-electron chi connectivity index (χ1n) is 8.65. The van der Waals surface area contributed by atoms with E-state index in [1.54, 1.807) is 44.2 Å². The molecule has 0 aromatic carbocycles. The third-order valence-electron chi connectivity index (χ3n) is 4.61. The van der Waals surface area contributed by atoms with E-state index in [9.17, 15) is 9.59 Å². The molecule has 0 unspecified atom stereocenters. The summed E-state index contributed by atoms with van der Waals surface area (Å²) in [6.45, 7) is 5.23. The highest BCUT2D eigenvalue weighted by Crippen LogP contribution is 2.25. The first-order valence-corrected chi connectivity index (χ1v) is 9.41. The van der Waals surface area contributed by atoms with Gasteiger partial charge in [-0.05, 0) is 26.8 Å². The van der Waals surface area contributed by atoms with Crippen LogP contribution in [-0.4, -0.2) is 41.2 Å². The summed E-state index contributed by atoms with van der Waals surface area (Å²) in [4.78, 5) is 25.0. The minimum Gasteiger partial charge on any atom is -0.306 e. The van der Waals surface area contributed by atoms with Crippen LogP contribution >= 0.6 is 23.2 Å². The van der Waals surface area contributed by atoms with E-state index in [-0.39, 0.29) is 23.2 Å². The molecule has 3 heterocycles. The van der Waals surface area contributed by atoms with Crippen LogP contribution in [0.15, 0.2) is 12.3 Å². The topological polar surface area (TPSA) is 112 Å². The third kappa shape index (κ3) is 3.99. The molecule has 2 N–H and O–H groups in total. The van der Waals surface area contributed by atoms with Crippen LogP contribution in [0.2, 0.25) is 10.0 Å². The molecule has 3 rings (SSSR count). The summed E-state index contributed by atoms with van der Waals surface area (Å²) >= 11 is 12.3. The van der Waals surface area contributed by atoms with Crippen LogP contribution in [0.5, 0.6) is 0 Å². The Morgan fingerprint density at radius 1 is 0.966 bits per heavy atom. The molecule has 0 radical (unpaired) electrons. The number of nitrogens with one attached hydrogen (secondary N) is 2. The van der Waals surface area contributed by atoms with Crippen molar-refractivity contribution in [1.82, 2.24) is 29.3 Å². The number of rotatable bonds is 5. The van der Waals surface area contributed by atoms with Crippen LogP contribution in [0.25, 0.3) is 0 Å². The standard InChI is InChI=1S/C17H20Cl2N8O2/c1-8-12(18)14(23-25(8)4)20-16(28)10(3)27-7-6-11(22-27)17(29)21-15-13(19)9(2)26(5)24-15/h6-7,10H,1-5H3,(H,20,23,28)(H,21,24,29)/t10-/m1/s1. The van der Waals surface area contributed by atoms with Crippen molar-refractivity contribution >= 4 is 46.7 Å². The molecular formula is C17H20Cl2N8O2. The third-order valence-corrected chi connectivity index (χ3v) is 5.52. The highest BCUT2D eigenvalue weighted by Gasteiger charge is 2.22. The monoisotopic (exact) mass is 438 g/mol. The quantitative estimate of drug-likeness (QED) is 0.635. The van der Waals surface area contributed by atoms with Gasteiger partial charge in [-0.25, -0.2) is 0 Å². The van der Waals surface area contributed by atoms with Crippen LogP contribution in [0.3, 0.4) is 0 Å². The molecular weight excluding hydrogens is 419 g/mol. The van der Waals surface area contributed by atoms with Crippen LogP contribution in [0.4, 0.5) is 11.6 Å². The largest absolute Gasteiger partial charge is 0.306 e. The first-order chi connectivity index (χ1) is 13.6. The lowest BCUT2D eigenvalue weighted by atomic mass is 10.3. The predicted octanol–water partition coefficient (Wildman–Crippen LogP) is 2.73. The molecule has 3 aromatic rings. The van der Waals surface area contributed by atoms with Gasteiger partial charge in [-0.15, -0.1) is 0 Å². The Balaban J connectivity index is 1.71. The van der Waals surface area contributed by atoms with Crippen molar-refractivity contribution in [3.05, 3.63) is 39.4 Å². The number of aryl methyl sites for hydroxylation is 2. The fourth-order valence-corrected chi connectivity index (χ4v) is 2.93. The van der Waals surface area contributed by atoms with Crippen LogP contribution < -0.4 is 10.6 Å². The van der Waals surface area contributed by atoms with Gasteiger partial charge in [-0.2, -0.15) is 15.3 Å². The summed E-state index contributed by atoms with van der Waals surface area (Å²) in [6.07, 6.45) is 1.54. The van der Waals surface area contributed by atoms with Crippen molar-refractivity contribution in [2.75, 3.05) is 10.6 Å². The minimum atomic E-state index is -0.699. The fraction of sp³-hybridized carbons (Fsp3) is 0.353. The average molecular weight is 439 g/mol. The Morgan fingerprint density at radius 2 is 1.48 bits per heavy atom. The van der Waals surface area contributed by atoms with E-state index < -0.39 is 11.9 Å². The molecule has 12 heteroatoms. The lowest BCUT2D eigenvalue weighted by Crippen LogP contribution is -2.25. The first kappa shape index (κ1) is 20.9. The van der Waals surface area contributed by atoms with Crippen molar-refractivity contribution < 1.29 is 9.59 Å². The summed E-state index contributed by atoms with van der Waals surface area (Å²) in [6, 6.07) is 0.802. The van der Waals surface area contributed by atoms with E-state index in [1.807, 2.05) is 0 Å². The Bertz CT molecular complexity index is 1100. The molecule has 0 bridgehead atoms. The molecule has 29 heavy (non-hydrogen) atoms. The summed E-state index contributed by atoms with van der Waals surface area (Å²) in [5.41, 5.74) is 1.58. The number of halogens is 2. The van der Waals surface area contributed by atoms with Crippen molar-refractivity contribution in [3.63, 3.8) is 0 Å². The van der Waals surface area contributed by atoms with Crippen molar-refractivity contribution in [3.8, 4) is 0 Å². The van der Waals surface area contributed by atoms with E-state index in [0.717, 1.165) is 11.4 Å². The maximum atomic E-state index is 12.5. The molecule has 0 aliphatic rings. The second kappa shape index (κ2) is 7.88. The molecule has 0 aliphatic carbocycles. The van der Waals surface area contributed by atoms with Gasteiger partial charge in [0.05, 0.1) is 11.4 Å². The fourth-order valence-electron chi connectivity index (χ4n) is 2.51. The molecule has 0 aliphatic heterocycles. The molecule has 0 saturated heterocycles. The van der Waals surface area contributed by atoms with Gasteiger partial charge >= 0.3 is 0 Å². The second-order valence-electron chi connectivity index (χ2n) is 6.54. The van der Waals surface area contributed by atoms with E-state index in [2.05, 4.69) is 25.9 Å². The maximum absolute atomic E-state index is 12.5. The summed E-state index contributed by atoms with van der Waals surface area (Å²) in [7, 11) is 3.45.